The number of hydrogen-bond donors (Lipinski definition) is 2. The van der Waals surface area contributed by atoms with Gasteiger partial charge in [0.1, 0.15) is 0 Å². The third-order valence-corrected chi connectivity index (χ3v) is 1.71. The van der Waals surface area contributed by atoms with Crippen LogP contribution in [0.4, 0.5) is 13.2 Å². The van der Waals surface area contributed by atoms with Crippen LogP contribution in [0.3, 0.4) is 0 Å². The van der Waals surface area contributed by atoms with Crippen molar-refractivity contribution in [3.05, 3.63) is 29.3 Å². The second-order valence-corrected chi connectivity index (χ2v) is 2.83. The molecule has 0 heterocycles. The highest BCUT2D eigenvalue weighted by atomic mass is 19.4. The summed E-state index contributed by atoms with van der Waals surface area (Å²) < 4.78 is 36.8. The molecule has 0 saturated carbocycles. The molecular formula is C8H5BF3NO2. The van der Waals surface area contributed by atoms with Gasteiger partial charge in [-0.2, -0.15) is 18.4 Å². The van der Waals surface area contributed by atoms with Crippen LogP contribution < -0.4 is 5.46 Å². The smallest absolute Gasteiger partial charge is 0.423 e. The van der Waals surface area contributed by atoms with Crippen LogP contribution in [0, 0.1) is 11.3 Å². The Morgan fingerprint density at radius 1 is 1.20 bits per heavy atom. The van der Waals surface area contributed by atoms with E-state index in [1.54, 1.807) is 0 Å². The summed E-state index contributed by atoms with van der Waals surface area (Å²) in [6, 6.07) is 3.73. The number of rotatable bonds is 1. The monoisotopic (exact) mass is 215 g/mol. The lowest BCUT2D eigenvalue weighted by Gasteiger charge is -2.09. The number of alkyl halides is 3. The van der Waals surface area contributed by atoms with Crippen molar-refractivity contribution in [3.8, 4) is 6.07 Å². The minimum absolute atomic E-state index is 0.270. The highest BCUT2D eigenvalue weighted by Crippen LogP contribution is 2.28. The highest BCUT2D eigenvalue weighted by molar-refractivity contribution is 6.58. The molecular weight excluding hydrogens is 210 g/mol. The largest absolute Gasteiger partial charge is 0.488 e. The van der Waals surface area contributed by atoms with Crippen molar-refractivity contribution in [2.24, 2.45) is 0 Å². The molecule has 0 aliphatic carbocycles. The van der Waals surface area contributed by atoms with Crippen LogP contribution in [-0.2, 0) is 6.18 Å². The van der Waals surface area contributed by atoms with Crippen molar-refractivity contribution in [2.45, 2.75) is 6.18 Å². The molecule has 7 heteroatoms. The molecule has 0 bridgehead atoms. The Hall–Kier alpha value is -1.52. The Labute approximate surface area is 83.5 Å². The van der Waals surface area contributed by atoms with Gasteiger partial charge in [0.2, 0.25) is 0 Å². The van der Waals surface area contributed by atoms with Gasteiger partial charge < -0.3 is 10.0 Å². The van der Waals surface area contributed by atoms with Gasteiger partial charge in [-0.05, 0) is 17.6 Å². The summed E-state index contributed by atoms with van der Waals surface area (Å²) >= 11 is 0. The van der Waals surface area contributed by atoms with E-state index in [-0.39, 0.29) is 11.0 Å². The quantitative estimate of drug-likeness (QED) is 0.660. The first kappa shape index (κ1) is 11.6. The van der Waals surface area contributed by atoms with Gasteiger partial charge in [-0.15, -0.1) is 0 Å². The lowest BCUT2D eigenvalue weighted by molar-refractivity contribution is -0.137. The number of nitrogens with zero attached hydrogens (tertiary/aromatic N) is 1. The van der Waals surface area contributed by atoms with Crippen LogP contribution in [0.25, 0.3) is 0 Å². The number of benzene rings is 1. The van der Waals surface area contributed by atoms with Gasteiger partial charge in [-0.1, -0.05) is 6.07 Å². The van der Waals surface area contributed by atoms with Crippen LogP contribution in [0.15, 0.2) is 18.2 Å². The fraction of sp³-hybridized carbons (Fsp3) is 0.125. The van der Waals surface area contributed by atoms with Crippen molar-refractivity contribution < 1.29 is 23.2 Å². The summed E-state index contributed by atoms with van der Waals surface area (Å²) in [7, 11) is -2.03. The highest BCUT2D eigenvalue weighted by Gasteiger charge is 2.32. The number of nitriles is 1. The Kier molecular flexibility index (Phi) is 3.02. The zero-order chi connectivity index (χ0) is 11.6. The summed E-state index contributed by atoms with van der Waals surface area (Å²) in [6.45, 7) is 0. The molecule has 0 saturated heterocycles. The Morgan fingerprint density at radius 2 is 1.80 bits per heavy atom. The van der Waals surface area contributed by atoms with Crippen LogP contribution in [0.2, 0.25) is 0 Å². The van der Waals surface area contributed by atoms with Crippen molar-refractivity contribution in [1.29, 1.82) is 5.26 Å². The van der Waals surface area contributed by atoms with Gasteiger partial charge in [0.25, 0.3) is 0 Å². The fourth-order valence-corrected chi connectivity index (χ4v) is 1.03. The van der Waals surface area contributed by atoms with E-state index >= 15 is 0 Å². The van der Waals surface area contributed by atoms with Gasteiger partial charge in [0.15, 0.2) is 0 Å². The summed E-state index contributed by atoms with van der Waals surface area (Å²) in [5, 5.41) is 25.9. The average Bonchev–Trinajstić information content (AvgIpc) is 2.15. The molecule has 0 amide bonds. The van der Waals surface area contributed by atoms with Crippen LogP contribution in [0.1, 0.15) is 11.1 Å². The normalized spacial score (nSPS) is 10.9. The molecule has 0 unspecified atom stereocenters. The van der Waals surface area contributed by atoms with Crippen LogP contribution >= 0.6 is 0 Å². The Morgan fingerprint density at radius 3 is 2.20 bits per heavy atom. The maximum absolute atomic E-state index is 12.3. The minimum atomic E-state index is -4.61. The first-order valence-electron chi connectivity index (χ1n) is 3.83. The van der Waals surface area contributed by atoms with Crippen molar-refractivity contribution in [2.75, 3.05) is 0 Å². The third-order valence-electron chi connectivity index (χ3n) is 1.71. The minimum Gasteiger partial charge on any atom is -0.423 e. The number of halogens is 3. The molecule has 0 atom stereocenters. The van der Waals surface area contributed by atoms with E-state index in [9.17, 15) is 13.2 Å². The second kappa shape index (κ2) is 3.92. The van der Waals surface area contributed by atoms with E-state index in [1.165, 1.54) is 6.07 Å². The molecule has 1 aromatic carbocycles. The van der Waals surface area contributed by atoms with Crippen molar-refractivity contribution in [3.63, 3.8) is 0 Å². The molecule has 1 aromatic rings. The van der Waals surface area contributed by atoms with E-state index in [4.69, 9.17) is 15.3 Å². The molecule has 1 rings (SSSR count). The molecule has 0 aromatic heterocycles. The Balaban J connectivity index is 3.32. The summed E-state index contributed by atoms with van der Waals surface area (Å²) in [4.78, 5) is 0. The topological polar surface area (TPSA) is 64.2 Å². The predicted molar refractivity (Wildman–Crippen MR) is 46.0 cm³/mol. The Bertz CT molecular complexity index is 411. The summed E-state index contributed by atoms with van der Waals surface area (Å²) in [5.74, 6) is 0. The lowest BCUT2D eigenvalue weighted by atomic mass is 9.78. The molecule has 78 valence electrons. The first-order valence-corrected chi connectivity index (χ1v) is 3.83. The van der Waals surface area contributed by atoms with Gasteiger partial charge in [0.05, 0.1) is 17.2 Å². The third kappa shape index (κ3) is 2.71. The van der Waals surface area contributed by atoms with Gasteiger partial charge >= 0.3 is 13.3 Å². The maximum atomic E-state index is 12.3. The van der Waals surface area contributed by atoms with E-state index in [0.29, 0.717) is 12.1 Å². The van der Waals surface area contributed by atoms with Gasteiger partial charge in [-0.25, -0.2) is 0 Å². The van der Waals surface area contributed by atoms with E-state index < -0.39 is 18.9 Å². The molecule has 0 aliphatic heterocycles. The van der Waals surface area contributed by atoms with Gasteiger partial charge in [-0.3, -0.25) is 0 Å². The summed E-state index contributed by atoms with van der Waals surface area (Å²) in [5.41, 5.74) is -1.71. The van der Waals surface area contributed by atoms with E-state index in [1.807, 2.05) is 0 Å². The van der Waals surface area contributed by atoms with E-state index in [2.05, 4.69) is 0 Å². The zero-order valence-corrected chi connectivity index (χ0v) is 7.28. The van der Waals surface area contributed by atoms with Gasteiger partial charge in [0, 0.05) is 0 Å². The molecule has 0 radical (unpaired) electrons. The molecule has 15 heavy (non-hydrogen) atoms. The van der Waals surface area contributed by atoms with Crippen LogP contribution in [-0.4, -0.2) is 17.2 Å². The summed E-state index contributed by atoms with van der Waals surface area (Å²) in [6.07, 6.45) is -4.61. The lowest BCUT2D eigenvalue weighted by Crippen LogP contribution is -2.31. The zero-order valence-electron chi connectivity index (χ0n) is 7.28. The molecule has 2 N–H and O–H groups in total. The van der Waals surface area contributed by atoms with Crippen molar-refractivity contribution >= 4 is 12.6 Å². The standard InChI is InChI=1S/C8H5BF3NO2/c10-8(11,12)6-1-5(4-13)2-7(3-6)9(14)15/h1-3,14-15H. The van der Waals surface area contributed by atoms with Crippen LogP contribution in [0.5, 0.6) is 0 Å². The SMILES string of the molecule is N#Cc1cc(B(O)O)cc(C(F)(F)F)c1. The fourth-order valence-electron chi connectivity index (χ4n) is 1.03. The first-order chi connectivity index (χ1) is 6.84. The predicted octanol–water partition coefficient (Wildman–Crippen LogP) is 0.257. The second-order valence-electron chi connectivity index (χ2n) is 2.83. The molecule has 0 fully saturated rings. The molecule has 0 spiro atoms. The average molecular weight is 215 g/mol. The van der Waals surface area contributed by atoms with E-state index in [0.717, 1.165) is 6.07 Å². The molecule has 0 aliphatic rings. The maximum Gasteiger partial charge on any atom is 0.488 e. The number of hydrogen-bond acceptors (Lipinski definition) is 3. The van der Waals surface area contributed by atoms with Crippen molar-refractivity contribution in [1.82, 2.24) is 0 Å². The molecule has 3 nitrogen and oxygen atoms in total.